The summed E-state index contributed by atoms with van der Waals surface area (Å²) in [6.07, 6.45) is -14.2. The number of hydrogen-bond donors (Lipinski definition) is 8. The maximum absolute atomic E-state index is 10.8. The normalized spacial score (nSPS) is 41.2. The van der Waals surface area contributed by atoms with E-state index in [0.717, 1.165) is 5.56 Å². The molecule has 3 aliphatic heterocycles. The minimum Gasteiger partial charge on any atom is -0.493 e. The highest BCUT2D eigenvalue weighted by atomic mass is 16.7. The lowest BCUT2D eigenvalue weighted by atomic mass is 9.99. The molecule has 0 aromatic heterocycles. The van der Waals surface area contributed by atoms with Gasteiger partial charge in [-0.15, -0.1) is 6.58 Å². The quantitative estimate of drug-likeness (QED) is 0.117. The summed E-state index contributed by atoms with van der Waals surface area (Å²) in [6.45, 7) is 1.89. The van der Waals surface area contributed by atoms with Crippen LogP contribution in [0, 0.1) is 0 Å². The van der Waals surface area contributed by atoms with Crippen LogP contribution in [-0.2, 0) is 30.1 Å². The van der Waals surface area contributed by atoms with Gasteiger partial charge in [0.25, 0.3) is 0 Å². The zero-order valence-electron chi connectivity index (χ0n) is 22.3. The fraction of sp³-hybridized carbons (Fsp3) is 0.692. The van der Waals surface area contributed by atoms with Crippen LogP contribution < -0.4 is 9.47 Å². The van der Waals surface area contributed by atoms with E-state index in [4.69, 9.17) is 33.2 Å². The number of aliphatic hydroxyl groups is 8. The Bertz CT molecular complexity index is 1010. The molecule has 0 amide bonds. The molecule has 232 valence electrons. The molecule has 1 aromatic carbocycles. The van der Waals surface area contributed by atoms with E-state index in [1.807, 2.05) is 0 Å². The Morgan fingerprint density at radius 1 is 0.902 bits per heavy atom. The summed E-state index contributed by atoms with van der Waals surface area (Å²) in [5, 5.41) is 82.1. The first-order chi connectivity index (χ1) is 19.5. The molecule has 3 saturated heterocycles. The van der Waals surface area contributed by atoms with E-state index in [9.17, 15) is 40.9 Å². The molecule has 0 saturated carbocycles. The van der Waals surface area contributed by atoms with Gasteiger partial charge in [0.15, 0.2) is 24.1 Å². The molecular weight excluding hydrogens is 552 g/mol. The van der Waals surface area contributed by atoms with Crippen LogP contribution in [0.5, 0.6) is 11.5 Å². The van der Waals surface area contributed by atoms with Gasteiger partial charge in [0, 0.05) is 0 Å². The van der Waals surface area contributed by atoms with Crippen molar-refractivity contribution >= 4 is 0 Å². The van der Waals surface area contributed by atoms with E-state index in [1.165, 1.54) is 7.11 Å². The number of benzene rings is 1. The first-order valence-electron chi connectivity index (χ1n) is 13.0. The summed E-state index contributed by atoms with van der Waals surface area (Å²) in [5.74, 6) is 0.552. The lowest BCUT2D eigenvalue weighted by Gasteiger charge is -2.40. The van der Waals surface area contributed by atoms with Gasteiger partial charge in [0.05, 0.1) is 33.5 Å². The van der Waals surface area contributed by atoms with Crippen molar-refractivity contribution in [2.24, 2.45) is 0 Å². The Labute approximate surface area is 235 Å². The van der Waals surface area contributed by atoms with E-state index in [0.29, 0.717) is 12.2 Å². The summed E-state index contributed by atoms with van der Waals surface area (Å²) in [7, 11) is 1.44. The van der Waals surface area contributed by atoms with Crippen molar-refractivity contribution in [3.05, 3.63) is 36.4 Å². The number of ether oxygens (including phenoxy) is 7. The van der Waals surface area contributed by atoms with E-state index in [2.05, 4.69) is 6.58 Å². The lowest BCUT2D eigenvalue weighted by Crippen LogP contribution is -2.60. The highest BCUT2D eigenvalue weighted by molar-refractivity contribution is 5.43. The molecule has 0 radical (unpaired) electrons. The fourth-order valence-corrected chi connectivity index (χ4v) is 4.64. The first-order valence-corrected chi connectivity index (χ1v) is 13.0. The topological polar surface area (TPSA) is 226 Å². The Balaban J connectivity index is 1.33. The lowest BCUT2D eigenvalue weighted by molar-refractivity contribution is -0.291. The van der Waals surface area contributed by atoms with Crippen molar-refractivity contribution in [2.75, 3.05) is 33.5 Å². The third-order valence-electron chi connectivity index (χ3n) is 7.20. The molecule has 3 fully saturated rings. The third kappa shape index (κ3) is 7.00. The maximum atomic E-state index is 10.8. The average molecular weight is 591 g/mol. The van der Waals surface area contributed by atoms with Crippen LogP contribution in [-0.4, -0.2) is 148 Å². The highest BCUT2D eigenvalue weighted by Crippen LogP contribution is 2.33. The number of rotatable bonds is 11. The smallest absolute Gasteiger partial charge is 0.229 e. The molecule has 8 N–H and O–H groups in total. The van der Waals surface area contributed by atoms with Gasteiger partial charge in [-0.3, -0.25) is 0 Å². The number of aliphatic hydroxyl groups excluding tert-OH is 7. The molecule has 41 heavy (non-hydrogen) atoms. The Morgan fingerprint density at radius 3 is 2.34 bits per heavy atom. The molecule has 3 heterocycles. The molecule has 4 rings (SSSR count). The minimum atomic E-state index is -2.00. The van der Waals surface area contributed by atoms with Crippen LogP contribution in [0.4, 0.5) is 0 Å². The largest absolute Gasteiger partial charge is 0.493 e. The van der Waals surface area contributed by atoms with Gasteiger partial charge in [0.2, 0.25) is 6.29 Å². The second-order valence-corrected chi connectivity index (χ2v) is 10.2. The minimum absolute atomic E-state index is 0.210. The van der Waals surface area contributed by atoms with Crippen LogP contribution in [0.1, 0.15) is 5.56 Å². The van der Waals surface area contributed by atoms with Crippen LogP contribution in [0.2, 0.25) is 0 Å². The molecule has 0 unspecified atom stereocenters. The first kappa shape index (κ1) is 32.0. The van der Waals surface area contributed by atoms with Crippen molar-refractivity contribution in [1.82, 2.24) is 0 Å². The molecule has 12 atom stereocenters. The van der Waals surface area contributed by atoms with Crippen molar-refractivity contribution < 1.29 is 74.0 Å². The van der Waals surface area contributed by atoms with Gasteiger partial charge in [-0.1, -0.05) is 12.1 Å². The SMILES string of the molecule is C=CCc1ccc(O[C@@H]2O[C@H](CO[C@@H]3OC[C@@](O)(CO[C@@H]4OC[C@@H](O)[C@H](O)[C@H]4O)[C@H]3O)[C@@H](O)[C@H](O)[C@H]2O)c(OC)c1. The summed E-state index contributed by atoms with van der Waals surface area (Å²) in [5.41, 5.74) is -1.11. The molecule has 1 aromatic rings. The van der Waals surface area contributed by atoms with Gasteiger partial charge < -0.3 is 74.0 Å². The van der Waals surface area contributed by atoms with Crippen molar-refractivity contribution in [3.63, 3.8) is 0 Å². The van der Waals surface area contributed by atoms with Crippen LogP contribution in [0.15, 0.2) is 30.9 Å². The second-order valence-electron chi connectivity index (χ2n) is 10.2. The van der Waals surface area contributed by atoms with Crippen LogP contribution in [0.25, 0.3) is 0 Å². The van der Waals surface area contributed by atoms with Gasteiger partial charge in [-0.05, 0) is 24.1 Å². The zero-order chi connectivity index (χ0) is 29.9. The van der Waals surface area contributed by atoms with E-state index in [1.54, 1.807) is 24.3 Å². The standard InChI is InChI=1S/C26H38O15/c1-3-4-12-5-6-14(15(7-12)35-2)40-24-21(32)19(30)18(29)16(41-24)9-37-25-22(33)26(34,11-39-25)10-38-23-20(31)17(28)13(27)8-36-23/h3,5-7,13,16-25,27-34H,1,4,8-11H2,2H3/t13-,16-,17+,18-,19+,20-,21-,22+,23+,24-,25-,26+/m1/s1. The predicted molar refractivity (Wildman–Crippen MR) is 135 cm³/mol. The van der Waals surface area contributed by atoms with Gasteiger partial charge in [-0.2, -0.15) is 0 Å². The van der Waals surface area contributed by atoms with Gasteiger partial charge in [0.1, 0.15) is 54.4 Å². The molecule has 3 aliphatic rings. The molecule has 0 bridgehead atoms. The second kappa shape index (κ2) is 13.6. The van der Waals surface area contributed by atoms with E-state index in [-0.39, 0.29) is 12.4 Å². The Morgan fingerprint density at radius 2 is 1.63 bits per heavy atom. The van der Waals surface area contributed by atoms with Gasteiger partial charge >= 0.3 is 0 Å². The van der Waals surface area contributed by atoms with E-state index < -0.39 is 93.1 Å². The van der Waals surface area contributed by atoms with Crippen LogP contribution in [0.3, 0.4) is 0 Å². The molecule has 15 nitrogen and oxygen atoms in total. The third-order valence-corrected chi connectivity index (χ3v) is 7.20. The molecule has 0 spiro atoms. The van der Waals surface area contributed by atoms with E-state index >= 15 is 0 Å². The zero-order valence-corrected chi connectivity index (χ0v) is 22.3. The predicted octanol–water partition coefficient (Wildman–Crippen LogP) is -3.47. The summed E-state index contributed by atoms with van der Waals surface area (Å²) >= 11 is 0. The highest BCUT2D eigenvalue weighted by Gasteiger charge is 2.52. The number of hydrogen-bond acceptors (Lipinski definition) is 15. The Kier molecular flexibility index (Phi) is 10.6. The fourth-order valence-electron chi connectivity index (χ4n) is 4.64. The van der Waals surface area contributed by atoms with Crippen molar-refractivity contribution in [3.8, 4) is 11.5 Å². The summed E-state index contributed by atoms with van der Waals surface area (Å²) < 4.78 is 38.1. The molecule has 15 heteroatoms. The monoisotopic (exact) mass is 590 g/mol. The number of allylic oxidation sites excluding steroid dienone is 1. The average Bonchev–Trinajstić information content (AvgIpc) is 3.24. The van der Waals surface area contributed by atoms with Crippen molar-refractivity contribution in [2.45, 2.75) is 79.7 Å². The Hall–Kier alpha value is -1.96. The summed E-state index contributed by atoms with van der Waals surface area (Å²) in [6, 6.07) is 5.08. The summed E-state index contributed by atoms with van der Waals surface area (Å²) in [4.78, 5) is 0. The van der Waals surface area contributed by atoms with Crippen LogP contribution >= 0.6 is 0 Å². The van der Waals surface area contributed by atoms with Crippen molar-refractivity contribution in [1.29, 1.82) is 0 Å². The molecule has 0 aliphatic carbocycles. The van der Waals surface area contributed by atoms with Gasteiger partial charge in [-0.25, -0.2) is 0 Å². The maximum Gasteiger partial charge on any atom is 0.229 e. The number of methoxy groups -OCH3 is 1. The molecular formula is C26H38O15.